The largest absolute Gasteiger partial charge is 0.352 e. The van der Waals surface area contributed by atoms with Crippen molar-refractivity contribution < 1.29 is 18.0 Å². The number of nitrogens with one attached hydrogen (secondary N) is 1. The molecule has 19 heavy (non-hydrogen) atoms. The fourth-order valence-corrected chi connectivity index (χ4v) is 2.34. The van der Waals surface area contributed by atoms with Crippen molar-refractivity contribution in [2.75, 3.05) is 11.9 Å². The first-order valence-corrected chi connectivity index (χ1v) is 7.10. The van der Waals surface area contributed by atoms with Crippen molar-refractivity contribution in [2.45, 2.75) is 19.8 Å². The summed E-state index contributed by atoms with van der Waals surface area (Å²) in [6.45, 7) is 2.30. The molecule has 0 radical (unpaired) electrons. The maximum atomic E-state index is 13.4. The average molecular weight is 338 g/mol. The second kappa shape index (κ2) is 7.53. The topological polar surface area (TPSA) is 29.1 Å². The van der Waals surface area contributed by atoms with Gasteiger partial charge in [0.1, 0.15) is 23.0 Å². The van der Waals surface area contributed by atoms with Crippen molar-refractivity contribution in [1.82, 2.24) is 5.32 Å². The lowest BCUT2D eigenvalue weighted by Gasteiger charge is -2.14. The molecule has 1 N–H and O–H groups in total. The summed E-state index contributed by atoms with van der Waals surface area (Å²) in [7, 11) is 0. The van der Waals surface area contributed by atoms with Crippen LogP contribution >= 0.6 is 15.9 Å². The maximum Gasteiger partial charge on any atom is 0.257 e. The molecule has 0 aliphatic heterocycles. The molecular formula is C13H15BrF3NO. The zero-order valence-electron chi connectivity index (χ0n) is 10.5. The summed E-state index contributed by atoms with van der Waals surface area (Å²) < 4.78 is 39.5. The van der Waals surface area contributed by atoms with Crippen molar-refractivity contribution in [3.8, 4) is 0 Å². The van der Waals surface area contributed by atoms with Gasteiger partial charge in [-0.15, -0.1) is 0 Å². The van der Waals surface area contributed by atoms with Gasteiger partial charge in [-0.05, 0) is 12.3 Å². The van der Waals surface area contributed by atoms with Gasteiger partial charge in [-0.25, -0.2) is 13.2 Å². The fourth-order valence-electron chi connectivity index (χ4n) is 1.69. The van der Waals surface area contributed by atoms with Gasteiger partial charge in [0.2, 0.25) is 0 Å². The third-order valence-corrected chi connectivity index (χ3v) is 3.34. The molecule has 0 fully saturated rings. The van der Waals surface area contributed by atoms with Crippen LogP contribution in [0, 0.1) is 23.4 Å². The minimum atomic E-state index is -1.19. The van der Waals surface area contributed by atoms with Crippen LogP contribution in [0.25, 0.3) is 0 Å². The van der Waals surface area contributed by atoms with Crippen molar-refractivity contribution in [1.29, 1.82) is 0 Å². The van der Waals surface area contributed by atoms with E-state index in [1.54, 1.807) is 0 Å². The molecule has 1 unspecified atom stereocenters. The molecule has 1 atom stereocenters. The van der Waals surface area contributed by atoms with E-state index in [4.69, 9.17) is 0 Å². The van der Waals surface area contributed by atoms with Crippen LogP contribution in [0.4, 0.5) is 13.2 Å². The molecule has 0 spiro atoms. The van der Waals surface area contributed by atoms with Gasteiger partial charge < -0.3 is 5.32 Å². The van der Waals surface area contributed by atoms with E-state index in [9.17, 15) is 18.0 Å². The van der Waals surface area contributed by atoms with Crippen LogP contribution in [-0.2, 0) is 0 Å². The van der Waals surface area contributed by atoms with E-state index in [-0.39, 0.29) is 5.92 Å². The van der Waals surface area contributed by atoms with E-state index in [2.05, 4.69) is 21.2 Å². The third-order valence-electron chi connectivity index (χ3n) is 2.88. The number of carbonyl (C=O) groups excluding carboxylic acids is 1. The molecule has 1 aromatic rings. The number of hydrogen-bond acceptors (Lipinski definition) is 1. The zero-order valence-corrected chi connectivity index (χ0v) is 12.1. The average Bonchev–Trinajstić information content (AvgIpc) is 2.33. The van der Waals surface area contributed by atoms with Crippen LogP contribution in [-0.4, -0.2) is 17.8 Å². The lowest BCUT2D eigenvalue weighted by Crippen LogP contribution is -2.30. The van der Waals surface area contributed by atoms with Crippen molar-refractivity contribution >= 4 is 21.8 Å². The summed E-state index contributed by atoms with van der Waals surface area (Å²) in [5, 5.41) is 3.27. The van der Waals surface area contributed by atoms with Crippen LogP contribution in [0.2, 0.25) is 0 Å². The van der Waals surface area contributed by atoms with Crippen LogP contribution in [0.1, 0.15) is 30.1 Å². The highest BCUT2D eigenvalue weighted by Crippen LogP contribution is 2.15. The molecule has 0 aliphatic carbocycles. The van der Waals surface area contributed by atoms with E-state index >= 15 is 0 Å². The smallest absolute Gasteiger partial charge is 0.257 e. The Morgan fingerprint density at radius 3 is 2.37 bits per heavy atom. The van der Waals surface area contributed by atoms with E-state index in [1.807, 2.05) is 6.92 Å². The molecule has 1 aromatic carbocycles. The molecule has 0 bridgehead atoms. The van der Waals surface area contributed by atoms with Gasteiger partial charge in [0.05, 0.1) is 0 Å². The van der Waals surface area contributed by atoms with Crippen molar-refractivity contribution in [3.63, 3.8) is 0 Å². The van der Waals surface area contributed by atoms with Crippen LogP contribution in [0.5, 0.6) is 0 Å². The molecule has 0 aliphatic rings. The normalized spacial score (nSPS) is 12.3. The molecule has 0 saturated carbocycles. The van der Waals surface area contributed by atoms with Gasteiger partial charge in [0.25, 0.3) is 5.91 Å². The van der Waals surface area contributed by atoms with Crippen LogP contribution in [0.15, 0.2) is 12.1 Å². The lowest BCUT2D eigenvalue weighted by molar-refractivity contribution is 0.0938. The lowest BCUT2D eigenvalue weighted by atomic mass is 10.0. The van der Waals surface area contributed by atoms with Crippen molar-refractivity contribution in [2.24, 2.45) is 5.92 Å². The number of hydrogen-bond donors (Lipinski definition) is 1. The number of rotatable bonds is 6. The number of alkyl halides is 1. The van der Waals surface area contributed by atoms with Gasteiger partial charge in [0.15, 0.2) is 0 Å². The van der Waals surface area contributed by atoms with Crippen LogP contribution in [0.3, 0.4) is 0 Å². The Labute approximate surface area is 118 Å². The highest BCUT2D eigenvalue weighted by atomic mass is 79.9. The van der Waals surface area contributed by atoms with Gasteiger partial charge >= 0.3 is 0 Å². The first-order chi connectivity index (χ1) is 8.99. The molecule has 1 amide bonds. The molecule has 0 saturated heterocycles. The van der Waals surface area contributed by atoms with E-state index in [1.165, 1.54) is 0 Å². The summed E-state index contributed by atoms with van der Waals surface area (Å²) in [5.74, 6) is -4.05. The first kappa shape index (κ1) is 16.0. The molecular weight excluding hydrogens is 323 g/mol. The van der Waals surface area contributed by atoms with Gasteiger partial charge in [0, 0.05) is 24.0 Å². The minimum Gasteiger partial charge on any atom is -0.352 e. The maximum absolute atomic E-state index is 13.4. The Hall–Kier alpha value is -1.04. The summed E-state index contributed by atoms with van der Waals surface area (Å²) in [4.78, 5) is 11.7. The summed E-state index contributed by atoms with van der Waals surface area (Å²) >= 11 is 3.30. The molecule has 1 rings (SSSR count). The predicted molar refractivity (Wildman–Crippen MR) is 70.8 cm³/mol. The molecule has 0 aromatic heterocycles. The number of carbonyl (C=O) groups is 1. The van der Waals surface area contributed by atoms with Crippen molar-refractivity contribution in [3.05, 3.63) is 35.1 Å². The Morgan fingerprint density at radius 1 is 1.32 bits per heavy atom. The summed E-state index contributed by atoms with van der Waals surface area (Å²) in [5.41, 5.74) is -0.741. The van der Waals surface area contributed by atoms with Gasteiger partial charge in [-0.2, -0.15) is 0 Å². The van der Waals surface area contributed by atoms with Crippen LogP contribution < -0.4 is 5.32 Å². The fraction of sp³-hybridized carbons (Fsp3) is 0.462. The Balaban J connectivity index is 2.73. The highest BCUT2D eigenvalue weighted by molar-refractivity contribution is 9.09. The quantitative estimate of drug-likeness (QED) is 0.789. The highest BCUT2D eigenvalue weighted by Gasteiger charge is 2.19. The minimum absolute atomic E-state index is 0.231. The number of amides is 1. The monoisotopic (exact) mass is 337 g/mol. The molecule has 106 valence electrons. The molecule has 6 heteroatoms. The number of halogens is 4. The summed E-state index contributed by atoms with van der Waals surface area (Å²) in [6.07, 6.45) is 1.70. The van der Waals surface area contributed by atoms with Gasteiger partial charge in [-0.1, -0.05) is 29.3 Å². The third kappa shape index (κ3) is 4.53. The molecule has 0 heterocycles. The Morgan fingerprint density at radius 2 is 1.89 bits per heavy atom. The molecule has 2 nitrogen and oxygen atoms in total. The zero-order chi connectivity index (χ0) is 14.4. The Bertz CT molecular complexity index is 431. The number of benzene rings is 1. The van der Waals surface area contributed by atoms with E-state index in [0.29, 0.717) is 18.7 Å². The van der Waals surface area contributed by atoms with E-state index < -0.39 is 28.9 Å². The first-order valence-electron chi connectivity index (χ1n) is 5.98. The Kier molecular flexibility index (Phi) is 6.34. The summed E-state index contributed by atoms with van der Waals surface area (Å²) in [6, 6.07) is 0.988. The standard InChI is InChI=1S/C13H15BrF3NO/c1-2-8(3-4-14)7-18-13(19)12-10(16)5-9(15)6-11(12)17/h5-6,8H,2-4,7H2,1H3,(H,18,19). The SMILES string of the molecule is CCC(CCBr)CNC(=O)c1c(F)cc(F)cc1F. The predicted octanol–water partition coefficient (Wildman–Crippen LogP) is 3.64. The van der Waals surface area contributed by atoms with E-state index in [0.717, 1.165) is 18.2 Å². The second-order valence-corrected chi connectivity index (χ2v) is 5.00. The van der Waals surface area contributed by atoms with Gasteiger partial charge in [-0.3, -0.25) is 4.79 Å². The second-order valence-electron chi connectivity index (χ2n) is 4.21.